The van der Waals surface area contributed by atoms with Crippen LogP contribution in [0.2, 0.25) is 0 Å². The summed E-state index contributed by atoms with van der Waals surface area (Å²) in [6.45, 7) is 4.07. The second-order valence-electron chi connectivity index (χ2n) is 10.9. The van der Waals surface area contributed by atoms with Crippen molar-refractivity contribution in [1.29, 1.82) is 0 Å². The van der Waals surface area contributed by atoms with Gasteiger partial charge in [-0.15, -0.1) is 0 Å². The van der Waals surface area contributed by atoms with Crippen LogP contribution in [0.1, 0.15) is 86.1 Å². The molecule has 9 heteroatoms. The number of carbonyl (C=O) groups excluding carboxylic acids is 1. The second-order valence-corrected chi connectivity index (χ2v) is 12.8. The minimum Gasteiger partial charge on any atom is -0.393 e. The van der Waals surface area contributed by atoms with Gasteiger partial charge in [-0.05, 0) is 87.3 Å². The molecule has 36 heavy (non-hydrogen) atoms. The Morgan fingerprint density at radius 2 is 1.86 bits per heavy atom. The number of aliphatic hydroxyl groups is 1. The van der Waals surface area contributed by atoms with Gasteiger partial charge in [-0.1, -0.05) is 13.8 Å². The first-order valence-corrected chi connectivity index (χ1v) is 14.8. The Bertz CT molecular complexity index is 1310. The zero-order valence-electron chi connectivity index (χ0n) is 21.1. The smallest absolute Gasteiger partial charge is 0.253 e. The molecular weight excluding hydrogens is 481 g/mol. The molecule has 2 heterocycles. The molecule has 1 aromatic heterocycles. The van der Waals surface area contributed by atoms with E-state index in [-0.39, 0.29) is 28.9 Å². The molecule has 3 aliphatic rings. The van der Waals surface area contributed by atoms with Gasteiger partial charge in [0.25, 0.3) is 5.91 Å². The predicted octanol–water partition coefficient (Wildman–Crippen LogP) is 4.06. The maximum absolute atomic E-state index is 15.5. The van der Waals surface area contributed by atoms with Gasteiger partial charge in [-0.25, -0.2) is 12.8 Å². The number of amides is 1. The van der Waals surface area contributed by atoms with Crippen LogP contribution in [0.3, 0.4) is 0 Å². The molecule has 0 atom stereocenters. The fourth-order valence-corrected chi connectivity index (χ4v) is 9.19. The minimum absolute atomic E-state index is 0.0151. The monoisotopic (exact) mass is 517 g/mol. The van der Waals surface area contributed by atoms with Gasteiger partial charge in [-0.3, -0.25) is 4.79 Å². The van der Waals surface area contributed by atoms with E-state index in [0.717, 1.165) is 42.6 Å². The van der Waals surface area contributed by atoms with Crippen molar-refractivity contribution < 1.29 is 22.7 Å². The Hall–Kier alpha value is -2.39. The van der Waals surface area contributed by atoms with E-state index < -0.39 is 21.6 Å². The number of primary amides is 1. The maximum Gasteiger partial charge on any atom is 0.253 e. The Morgan fingerprint density at radius 3 is 2.50 bits per heavy atom. The van der Waals surface area contributed by atoms with E-state index in [1.165, 1.54) is 6.07 Å². The number of aromatic nitrogens is 1. The van der Waals surface area contributed by atoms with E-state index in [9.17, 15) is 18.3 Å². The van der Waals surface area contributed by atoms with Crippen LogP contribution in [0.15, 0.2) is 17.0 Å². The molecule has 0 radical (unpaired) electrons. The molecule has 1 amide bonds. The highest BCUT2D eigenvalue weighted by Crippen LogP contribution is 2.47. The second kappa shape index (κ2) is 9.17. The van der Waals surface area contributed by atoms with E-state index >= 15 is 4.39 Å². The van der Waals surface area contributed by atoms with Crippen molar-refractivity contribution in [2.45, 2.75) is 95.1 Å². The van der Waals surface area contributed by atoms with Gasteiger partial charge < -0.3 is 20.7 Å². The predicted molar refractivity (Wildman–Crippen MR) is 137 cm³/mol. The molecule has 0 bridgehead atoms. The van der Waals surface area contributed by atoms with Crippen molar-refractivity contribution in [3.05, 3.63) is 40.5 Å². The number of nitrogens with one attached hydrogen (secondary N) is 1. The number of hydrogen-bond donors (Lipinski definition) is 3. The Kier molecular flexibility index (Phi) is 6.44. The highest BCUT2D eigenvalue weighted by Gasteiger charge is 2.45. The fourth-order valence-electron chi connectivity index (χ4n) is 6.61. The summed E-state index contributed by atoms with van der Waals surface area (Å²) in [5.74, 6) is -1.43. The van der Waals surface area contributed by atoms with Gasteiger partial charge in [0.1, 0.15) is 5.82 Å². The van der Waals surface area contributed by atoms with E-state index in [1.807, 2.05) is 18.4 Å². The maximum atomic E-state index is 15.5. The van der Waals surface area contributed by atoms with Crippen LogP contribution in [-0.2, 0) is 29.1 Å². The SMILES string of the molecule is CCC1(CC)Cc2c(c3c(n2-c2cc(F)c(C(N)=O)c(NC4CCC(O)CC4)c2)CCC3)S(=O)(=O)C1. The number of nitrogens with zero attached hydrogens (tertiary/aromatic N) is 1. The average molecular weight is 518 g/mol. The number of anilines is 1. The molecule has 196 valence electrons. The number of benzene rings is 1. The standard InChI is InChI=1S/C27H36FN3O4S/c1-3-27(4-2)14-23-25(36(34,35)15-27)19-6-5-7-22(19)31(23)17-12-20(28)24(26(29)33)21(13-17)30-16-8-10-18(32)11-9-16/h12-13,16,18,30,32H,3-11,14-15H2,1-2H3,(H2,29,33). The van der Waals surface area contributed by atoms with Crippen molar-refractivity contribution in [3.63, 3.8) is 0 Å². The molecule has 1 aliphatic heterocycles. The molecule has 2 aliphatic carbocycles. The summed E-state index contributed by atoms with van der Waals surface area (Å²) in [5.41, 5.74) is 8.43. The molecule has 0 unspecified atom stereocenters. The first-order chi connectivity index (χ1) is 17.1. The molecule has 1 saturated carbocycles. The molecule has 7 nitrogen and oxygen atoms in total. The van der Waals surface area contributed by atoms with E-state index in [4.69, 9.17) is 5.73 Å². The van der Waals surface area contributed by atoms with Crippen LogP contribution < -0.4 is 11.1 Å². The summed E-state index contributed by atoms with van der Waals surface area (Å²) in [5, 5.41) is 13.2. The summed E-state index contributed by atoms with van der Waals surface area (Å²) in [4.78, 5) is 12.7. The van der Waals surface area contributed by atoms with Gasteiger partial charge in [-0.2, -0.15) is 0 Å². The zero-order chi connectivity index (χ0) is 25.8. The number of aliphatic hydroxyl groups excluding tert-OH is 1. The summed E-state index contributed by atoms with van der Waals surface area (Å²) in [6.07, 6.45) is 6.73. The summed E-state index contributed by atoms with van der Waals surface area (Å²) >= 11 is 0. The van der Waals surface area contributed by atoms with Crippen molar-refractivity contribution in [3.8, 4) is 5.69 Å². The van der Waals surface area contributed by atoms with E-state index in [1.54, 1.807) is 6.07 Å². The molecule has 0 saturated heterocycles. The number of carbonyl (C=O) groups is 1. The van der Waals surface area contributed by atoms with Crippen LogP contribution in [0.4, 0.5) is 10.1 Å². The molecule has 1 fully saturated rings. The van der Waals surface area contributed by atoms with Crippen molar-refractivity contribution >= 4 is 21.4 Å². The molecule has 4 N–H and O–H groups in total. The quantitative estimate of drug-likeness (QED) is 0.535. The Labute approximate surface area is 212 Å². The lowest BCUT2D eigenvalue weighted by Gasteiger charge is -2.36. The normalized spacial score (nSPS) is 24.2. The lowest BCUT2D eigenvalue weighted by molar-refractivity contribution is 0.0996. The molecule has 0 spiro atoms. The van der Waals surface area contributed by atoms with Gasteiger partial charge in [0, 0.05) is 17.4 Å². The topological polar surface area (TPSA) is 114 Å². The molecule has 2 aromatic rings. The summed E-state index contributed by atoms with van der Waals surface area (Å²) in [6, 6.07) is 3.04. The number of sulfone groups is 1. The summed E-state index contributed by atoms with van der Waals surface area (Å²) in [7, 11) is -3.48. The lowest BCUT2D eigenvalue weighted by Crippen LogP contribution is -2.37. The fraction of sp³-hybridized carbons (Fsp3) is 0.593. The highest BCUT2D eigenvalue weighted by atomic mass is 32.2. The van der Waals surface area contributed by atoms with Crippen LogP contribution in [0.5, 0.6) is 0 Å². The Balaban J connectivity index is 1.68. The first kappa shape index (κ1) is 25.3. The van der Waals surface area contributed by atoms with Crippen molar-refractivity contribution in [2.75, 3.05) is 11.1 Å². The van der Waals surface area contributed by atoms with Gasteiger partial charge in [0.2, 0.25) is 0 Å². The van der Waals surface area contributed by atoms with Crippen LogP contribution in [0.25, 0.3) is 5.69 Å². The third-order valence-electron chi connectivity index (χ3n) is 8.75. The van der Waals surface area contributed by atoms with Crippen LogP contribution in [-0.4, -0.2) is 41.9 Å². The van der Waals surface area contributed by atoms with Gasteiger partial charge in [0.15, 0.2) is 9.84 Å². The zero-order valence-corrected chi connectivity index (χ0v) is 21.9. The third kappa shape index (κ3) is 4.14. The third-order valence-corrected chi connectivity index (χ3v) is 10.8. The molecule has 5 rings (SSSR count). The minimum atomic E-state index is -3.48. The van der Waals surface area contributed by atoms with Crippen LogP contribution in [0, 0.1) is 11.2 Å². The largest absolute Gasteiger partial charge is 0.393 e. The molecular formula is C27H36FN3O4S. The van der Waals surface area contributed by atoms with Crippen molar-refractivity contribution in [1.82, 2.24) is 4.57 Å². The van der Waals surface area contributed by atoms with Crippen LogP contribution >= 0.6 is 0 Å². The first-order valence-electron chi connectivity index (χ1n) is 13.2. The van der Waals surface area contributed by atoms with E-state index in [2.05, 4.69) is 5.32 Å². The average Bonchev–Trinajstić information content (AvgIpc) is 3.39. The summed E-state index contributed by atoms with van der Waals surface area (Å²) < 4.78 is 44.6. The number of rotatable bonds is 6. The highest BCUT2D eigenvalue weighted by molar-refractivity contribution is 7.91. The molecule has 1 aromatic carbocycles. The number of fused-ring (bicyclic) bond motifs is 3. The number of halogens is 1. The van der Waals surface area contributed by atoms with E-state index in [0.29, 0.717) is 54.8 Å². The number of nitrogens with two attached hydrogens (primary N) is 1. The number of hydrogen-bond acceptors (Lipinski definition) is 5. The van der Waals surface area contributed by atoms with Gasteiger partial charge >= 0.3 is 0 Å². The van der Waals surface area contributed by atoms with Gasteiger partial charge in [0.05, 0.1) is 33.7 Å². The van der Waals surface area contributed by atoms with Crippen molar-refractivity contribution in [2.24, 2.45) is 11.1 Å². The lowest BCUT2D eigenvalue weighted by atomic mass is 9.79. The Morgan fingerprint density at radius 1 is 1.17 bits per heavy atom.